The number of fused-ring (bicyclic) bond motifs is 11. The molecule has 9 heterocycles. The second-order valence-corrected chi connectivity index (χ2v) is 21.2. The van der Waals surface area contributed by atoms with Gasteiger partial charge >= 0.3 is 5.97 Å². The molecule has 8 saturated heterocycles. The molecule has 0 amide bonds. The predicted molar refractivity (Wildman–Crippen MR) is 219 cm³/mol. The molecule has 19 atom stereocenters. The van der Waals surface area contributed by atoms with Gasteiger partial charge < -0.3 is 63.1 Å². The van der Waals surface area contributed by atoms with Gasteiger partial charge in [-0.05, 0) is 90.9 Å². The molecule has 0 radical (unpaired) electrons. The summed E-state index contributed by atoms with van der Waals surface area (Å²) in [4.78, 5) is 28.2. The topological polar surface area (TPSA) is 198 Å². The lowest BCUT2D eigenvalue weighted by molar-refractivity contribution is -0.372. The maximum atomic E-state index is 14.1. The van der Waals surface area contributed by atoms with Gasteiger partial charge in [0.1, 0.15) is 48.3 Å². The number of ether oxygens (including phenoxy) is 9. The minimum absolute atomic E-state index is 0.0134. The Hall–Kier alpha value is -1.86. The van der Waals surface area contributed by atoms with Gasteiger partial charge in [0.05, 0.1) is 48.6 Å². The molecule has 15 heteroatoms. The first-order valence-electron chi connectivity index (χ1n) is 23.5. The summed E-state index contributed by atoms with van der Waals surface area (Å²) in [7, 11) is 0. The van der Waals surface area contributed by atoms with Gasteiger partial charge in [-0.1, -0.05) is 37.6 Å². The molecular weight excluding hydrogens is 805 g/mol. The maximum absolute atomic E-state index is 14.1. The Labute approximate surface area is 365 Å². The molecule has 0 aromatic heterocycles. The van der Waals surface area contributed by atoms with E-state index in [1.807, 2.05) is 26.0 Å². The van der Waals surface area contributed by atoms with Crippen molar-refractivity contribution in [2.45, 2.75) is 227 Å². The van der Waals surface area contributed by atoms with Gasteiger partial charge in [0.25, 0.3) is 0 Å². The first-order valence-corrected chi connectivity index (χ1v) is 23.5. The minimum Gasteiger partial charge on any atom is -0.459 e. The lowest BCUT2D eigenvalue weighted by Gasteiger charge is -2.51. The van der Waals surface area contributed by atoms with Crippen molar-refractivity contribution >= 4 is 11.8 Å². The molecule has 0 aromatic carbocycles. The smallest absolute Gasteiger partial charge is 0.311 e. The number of carbonyl (C=O) groups is 2. The average molecular weight is 875 g/mol. The summed E-state index contributed by atoms with van der Waals surface area (Å²) in [6, 6.07) is 0. The largest absolute Gasteiger partial charge is 0.459 e. The zero-order valence-electron chi connectivity index (χ0n) is 37.3. The average Bonchev–Trinajstić information content (AvgIpc) is 3.99. The number of Topliss-reactive ketones (excluding diaryl/α,β-unsaturated/α-hetero) is 1. The Bertz CT molecular complexity index is 1770. The molecule has 0 aliphatic carbocycles. The summed E-state index contributed by atoms with van der Waals surface area (Å²) in [5.74, 6) is -5.77. The van der Waals surface area contributed by atoms with Gasteiger partial charge in [-0.25, -0.2) is 0 Å². The molecule has 10 bridgehead atoms. The van der Waals surface area contributed by atoms with Crippen LogP contribution in [-0.2, 0) is 52.2 Å². The number of esters is 1. The number of aliphatic hydroxyl groups excluding tert-OH is 3. The molecule has 2 spiro atoms. The van der Waals surface area contributed by atoms with Crippen LogP contribution in [0.25, 0.3) is 0 Å². The van der Waals surface area contributed by atoms with Gasteiger partial charge in [0.2, 0.25) is 5.79 Å². The maximum Gasteiger partial charge on any atom is 0.311 e. The Morgan fingerprint density at radius 3 is 2.44 bits per heavy atom. The van der Waals surface area contributed by atoms with Crippen LogP contribution in [-0.4, -0.2) is 141 Å². The zero-order chi connectivity index (χ0) is 44.0. The van der Waals surface area contributed by atoms with Gasteiger partial charge in [0.15, 0.2) is 17.4 Å². The first kappa shape index (κ1) is 45.3. The first-order chi connectivity index (χ1) is 29.3. The Balaban J connectivity index is 1.03. The van der Waals surface area contributed by atoms with Crippen molar-refractivity contribution in [1.29, 1.82) is 0 Å². The second kappa shape index (κ2) is 16.5. The normalized spacial score (nSPS) is 55.0. The summed E-state index contributed by atoms with van der Waals surface area (Å²) in [5, 5.41) is 45.1. The Morgan fingerprint density at radius 2 is 1.65 bits per heavy atom. The number of carbonyl (C=O) groups excluding carboxylic acids is 2. The van der Waals surface area contributed by atoms with E-state index in [1.165, 1.54) is 0 Å². The van der Waals surface area contributed by atoms with Crippen molar-refractivity contribution in [2.75, 3.05) is 13.2 Å². The fourth-order valence-electron chi connectivity index (χ4n) is 12.5. The van der Waals surface area contributed by atoms with Crippen molar-refractivity contribution in [3.8, 4) is 0 Å². The second-order valence-electron chi connectivity index (χ2n) is 21.2. The van der Waals surface area contributed by atoms with Crippen molar-refractivity contribution in [2.24, 2.45) is 17.8 Å². The SMILES string of the molecule is CC1=C\[C@H](C)C[C@@]2(C)CC[C@@H](O2)[C@@]23CC[C@@](CO)(C[C@@H](O2)[C@@H]2O[C@](C)(CC2=O)[C@H]2O[C@@]4(CCC[C@H](O4)[C@@H](C)C(=O)O[C@@H]4C[C@@H]([C@@]5(O)OCC[C@@H](C)[C@H]5O)O[C@@H]4\C=C\1)CC[C@@H]2O)O3. The van der Waals surface area contributed by atoms with E-state index in [2.05, 4.69) is 19.9 Å². The third kappa shape index (κ3) is 8.09. The van der Waals surface area contributed by atoms with E-state index in [-0.39, 0.29) is 50.1 Å². The quantitative estimate of drug-likeness (QED) is 0.227. The standard InChI is InChI=1S/C47H70O15/c1-26-9-10-33-34(21-37(55-33)47(53)39(51)28(3)13-19-54-47)56-41(52)29(4)32-8-7-14-45(57-32)16-11-30(49)40(61-45)43(6)23-31(50)38(60-43)35-24-44(25-48)17-18-46(58-35,62-44)36-12-15-42(5,59-36)22-27(2)20-26/h9-10,20,27-30,32-40,48-49,51,53H,7-8,11-19,21-25H2,1-6H3/b10-9+,26-20+/t27-,28+,29+,30-,32-,33+,34+,35+,36+,37-,38+,39+,40-,42+,43+,44-,45-,46-,47+/m0/s1. The monoisotopic (exact) mass is 874 g/mol. The van der Waals surface area contributed by atoms with Crippen molar-refractivity contribution in [3.05, 3.63) is 23.8 Å². The molecule has 0 unspecified atom stereocenters. The van der Waals surface area contributed by atoms with Crippen LogP contribution in [0.4, 0.5) is 0 Å². The number of hydrogen-bond donors (Lipinski definition) is 4. The molecule has 8 fully saturated rings. The van der Waals surface area contributed by atoms with Crippen molar-refractivity contribution in [3.63, 3.8) is 0 Å². The van der Waals surface area contributed by atoms with Crippen LogP contribution in [0.2, 0.25) is 0 Å². The summed E-state index contributed by atoms with van der Waals surface area (Å²) >= 11 is 0. The lowest BCUT2D eigenvalue weighted by atomic mass is 9.83. The van der Waals surface area contributed by atoms with Crippen LogP contribution in [0.3, 0.4) is 0 Å². The fraction of sp³-hybridized carbons (Fsp3) is 0.872. The number of ketones is 1. The van der Waals surface area contributed by atoms with E-state index in [1.54, 1.807) is 13.8 Å². The Kier molecular flexibility index (Phi) is 12.0. The molecule has 9 rings (SSSR count). The molecule has 4 N–H and O–H groups in total. The van der Waals surface area contributed by atoms with Crippen molar-refractivity contribution in [1.82, 2.24) is 0 Å². The molecule has 0 saturated carbocycles. The lowest BCUT2D eigenvalue weighted by Crippen LogP contribution is -2.61. The summed E-state index contributed by atoms with van der Waals surface area (Å²) in [5.41, 5.74) is -1.68. The van der Waals surface area contributed by atoms with E-state index in [0.717, 1.165) is 12.0 Å². The molecule has 15 nitrogen and oxygen atoms in total. The number of rotatable bonds is 2. The minimum atomic E-state index is -1.97. The molecule has 348 valence electrons. The van der Waals surface area contributed by atoms with E-state index < -0.39 is 107 Å². The van der Waals surface area contributed by atoms with E-state index in [4.69, 9.17) is 42.6 Å². The highest BCUT2D eigenvalue weighted by atomic mass is 16.8. The van der Waals surface area contributed by atoms with Crippen LogP contribution >= 0.6 is 0 Å². The summed E-state index contributed by atoms with van der Waals surface area (Å²) < 4.78 is 59.3. The van der Waals surface area contributed by atoms with E-state index >= 15 is 0 Å². The van der Waals surface area contributed by atoms with Gasteiger partial charge in [-0.3, -0.25) is 9.59 Å². The highest BCUT2D eigenvalue weighted by molar-refractivity contribution is 5.86. The third-order valence-corrected chi connectivity index (χ3v) is 16.0. The zero-order valence-corrected chi connectivity index (χ0v) is 37.3. The van der Waals surface area contributed by atoms with Gasteiger partial charge in [-0.2, -0.15) is 0 Å². The number of allylic oxidation sites excluding steroid dienone is 3. The third-order valence-electron chi connectivity index (χ3n) is 16.0. The van der Waals surface area contributed by atoms with Crippen LogP contribution in [0, 0.1) is 17.8 Å². The summed E-state index contributed by atoms with van der Waals surface area (Å²) in [6.45, 7) is 11.7. The highest BCUT2D eigenvalue weighted by Crippen LogP contribution is 2.55. The van der Waals surface area contributed by atoms with Gasteiger partial charge in [0, 0.05) is 38.5 Å². The molecule has 0 aromatic rings. The van der Waals surface area contributed by atoms with E-state index in [9.17, 15) is 30.0 Å². The van der Waals surface area contributed by atoms with Gasteiger partial charge in [-0.15, -0.1) is 0 Å². The predicted octanol–water partition coefficient (Wildman–Crippen LogP) is 4.23. The summed E-state index contributed by atoms with van der Waals surface area (Å²) in [6.07, 6.45) is 4.40. The molecular formula is C47H70O15. The van der Waals surface area contributed by atoms with Crippen LogP contribution in [0.1, 0.15) is 131 Å². The highest BCUT2D eigenvalue weighted by Gasteiger charge is 2.66. The van der Waals surface area contributed by atoms with Crippen LogP contribution < -0.4 is 0 Å². The Morgan fingerprint density at radius 1 is 0.839 bits per heavy atom. The van der Waals surface area contributed by atoms with Crippen LogP contribution in [0.5, 0.6) is 0 Å². The van der Waals surface area contributed by atoms with E-state index in [0.29, 0.717) is 64.2 Å². The molecule has 62 heavy (non-hydrogen) atoms. The fourth-order valence-corrected chi connectivity index (χ4v) is 12.5. The molecule has 9 aliphatic rings. The van der Waals surface area contributed by atoms with Crippen molar-refractivity contribution < 1.29 is 72.6 Å². The number of hydrogen-bond acceptors (Lipinski definition) is 15. The van der Waals surface area contributed by atoms with Crippen LogP contribution in [0.15, 0.2) is 23.8 Å². The molecule has 9 aliphatic heterocycles. The number of aliphatic hydroxyl groups is 4.